The monoisotopic (exact) mass is 272 g/mol. The fraction of sp³-hybridized carbons (Fsp3) is 0.286. The third-order valence-corrected chi connectivity index (χ3v) is 3.36. The summed E-state index contributed by atoms with van der Waals surface area (Å²) in [5.74, 6) is 2.44. The highest BCUT2D eigenvalue weighted by Crippen LogP contribution is 2.41. The van der Waals surface area contributed by atoms with Crippen LogP contribution in [0.2, 0.25) is 0 Å². The first kappa shape index (κ1) is 12.5. The van der Waals surface area contributed by atoms with Gasteiger partial charge < -0.3 is 20.5 Å². The maximum absolute atomic E-state index is 5.81. The molecule has 0 amide bonds. The van der Waals surface area contributed by atoms with Gasteiger partial charge in [0.15, 0.2) is 0 Å². The summed E-state index contributed by atoms with van der Waals surface area (Å²) in [7, 11) is 3.25. The lowest BCUT2D eigenvalue weighted by atomic mass is 10.0. The van der Waals surface area contributed by atoms with Crippen LogP contribution in [0.5, 0.6) is 11.5 Å². The Morgan fingerprint density at radius 3 is 2.50 bits per heavy atom. The van der Waals surface area contributed by atoms with E-state index in [1.165, 1.54) is 0 Å². The van der Waals surface area contributed by atoms with Gasteiger partial charge in [0.05, 0.1) is 25.5 Å². The minimum atomic E-state index is 0.237. The second-order valence-electron chi connectivity index (χ2n) is 4.47. The SMILES string of the molecule is COc1cccc(OC)c1-c1nc(N)nc2c1CCN2. The summed E-state index contributed by atoms with van der Waals surface area (Å²) in [6.45, 7) is 0.831. The third-order valence-electron chi connectivity index (χ3n) is 3.36. The molecule has 0 bridgehead atoms. The molecule has 1 aliphatic heterocycles. The van der Waals surface area contributed by atoms with Crippen LogP contribution in [-0.2, 0) is 6.42 Å². The van der Waals surface area contributed by atoms with Gasteiger partial charge in [-0.3, -0.25) is 0 Å². The number of nitrogen functional groups attached to an aromatic ring is 1. The summed E-state index contributed by atoms with van der Waals surface area (Å²) >= 11 is 0. The Bertz CT molecular complexity index is 636. The van der Waals surface area contributed by atoms with Crippen molar-refractivity contribution < 1.29 is 9.47 Å². The van der Waals surface area contributed by atoms with Crippen LogP contribution in [0, 0.1) is 0 Å². The van der Waals surface area contributed by atoms with E-state index in [1.807, 2.05) is 18.2 Å². The van der Waals surface area contributed by atoms with Crippen LogP contribution >= 0.6 is 0 Å². The maximum Gasteiger partial charge on any atom is 0.222 e. The van der Waals surface area contributed by atoms with Gasteiger partial charge in [-0.25, -0.2) is 4.98 Å². The molecule has 6 heteroatoms. The van der Waals surface area contributed by atoms with Gasteiger partial charge >= 0.3 is 0 Å². The second-order valence-corrected chi connectivity index (χ2v) is 4.47. The molecular formula is C14H16N4O2. The fourth-order valence-corrected chi connectivity index (χ4v) is 2.48. The summed E-state index contributed by atoms with van der Waals surface area (Å²) in [5, 5.41) is 3.21. The van der Waals surface area contributed by atoms with E-state index < -0.39 is 0 Å². The first-order valence-electron chi connectivity index (χ1n) is 6.36. The van der Waals surface area contributed by atoms with Crippen molar-refractivity contribution in [2.45, 2.75) is 6.42 Å². The number of nitrogens with one attached hydrogen (secondary N) is 1. The molecule has 2 heterocycles. The number of nitrogens with zero attached hydrogens (tertiary/aromatic N) is 2. The lowest BCUT2D eigenvalue weighted by Crippen LogP contribution is -2.03. The molecule has 1 aromatic heterocycles. The zero-order valence-corrected chi connectivity index (χ0v) is 11.4. The van der Waals surface area contributed by atoms with Crippen LogP contribution in [-0.4, -0.2) is 30.7 Å². The normalized spacial score (nSPS) is 12.7. The lowest BCUT2D eigenvalue weighted by Gasteiger charge is -2.15. The molecule has 0 saturated heterocycles. The largest absolute Gasteiger partial charge is 0.496 e. The standard InChI is InChI=1S/C14H16N4O2/c1-19-9-4-3-5-10(20-2)11(9)12-8-6-7-16-13(8)18-14(15)17-12/h3-5H,6-7H2,1-2H3,(H3,15,16,17,18). The van der Waals surface area contributed by atoms with Crippen LogP contribution in [0.1, 0.15) is 5.56 Å². The molecule has 1 aromatic carbocycles. The molecule has 3 rings (SSSR count). The van der Waals surface area contributed by atoms with Gasteiger partial charge in [-0.15, -0.1) is 0 Å². The lowest BCUT2D eigenvalue weighted by molar-refractivity contribution is 0.397. The molecule has 1 aliphatic rings. The van der Waals surface area contributed by atoms with Gasteiger partial charge in [-0.05, 0) is 18.6 Å². The molecule has 0 aliphatic carbocycles. The molecule has 6 nitrogen and oxygen atoms in total. The topological polar surface area (TPSA) is 82.3 Å². The van der Waals surface area contributed by atoms with E-state index in [4.69, 9.17) is 15.2 Å². The summed E-state index contributed by atoms with van der Waals surface area (Å²) in [5.41, 5.74) is 8.43. The highest BCUT2D eigenvalue weighted by molar-refractivity contribution is 5.80. The Morgan fingerprint density at radius 1 is 1.15 bits per heavy atom. The molecule has 0 fully saturated rings. The number of benzene rings is 1. The van der Waals surface area contributed by atoms with Crippen molar-refractivity contribution in [1.82, 2.24) is 9.97 Å². The van der Waals surface area contributed by atoms with E-state index in [0.717, 1.165) is 35.6 Å². The smallest absolute Gasteiger partial charge is 0.222 e. The fourth-order valence-electron chi connectivity index (χ4n) is 2.48. The van der Waals surface area contributed by atoms with E-state index in [0.29, 0.717) is 11.5 Å². The van der Waals surface area contributed by atoms with Crippen molar-refractivity contribution in [3.63, 3.8) is 0 Å². The quantitative estimate of drug-likeness (QED) is 0.885. The van der Waals surface area contributed by atoms with E-state index in [1.54, 1.807) is 14.2 Å². The first-order chi connectivity index (χ1) is 9.74. The number of hydrogen-bond donors (Lipinski definition) is 2. The van der Waals surface area contributed by atoms with E-state index in [-0.39, 0.29) is 5.95 Å². The molecule has 0 radical (unpaired) electrons. The van der Waals surface area contributed by atoms with Gasteiger partial charge in [0, 0.05) is 12.1 Å². The Labute approximate surface area is 116 Å². The average Bonchev–Trinajstić information content (AvgIpc) is 2.93. The molecule has 0 saturated carbocycles. The summed E-state index contributed by atoms with van der Waals surface area (Å²) in [4.78, 5) is 8.62. The maximum atomic E-state index is 5.81. The summed E-state index contributed by atoms with van der Waals surface area (Å²) in [6, 6.07) is 5.64. The van der Waals surface area contributed by atoms with E-state index >= 15 is 0 Å². The van der Waals surface area contributed by atoms with E-state index in [2.05, 4.69) is 15.3 Å². The third kappa shape index (κ3) is 1.89. The second kappa shape index (κ2) is 4.88. The van der Waals surface area contributed by atoms with Crippen molar-refractivity contribution in [3.8, 4) is 22.8 Å². The number of anilines is 2. The van der Waals surface area contributed by atoms with Crippen molar-refractivity contribution >= 4 is 11.8 Å². The van der Waals surface area contributed by atoms with Crippen LogP contribution in [0.25, 0.3) is 11.3 Å². The van der Waals surface area contributed by atoms with Crippen LogP contribution in [0.4, 0.5) is 11.8 Å². The predicted octanol–water partition coefficient (Wildman–Crippen LogP) is 1.71. The molecule has 0 atom stereocenters. The van der Waals surface area contributed by atoms with Crippen molar-refractivity contribution in [2.24, 2.45) is 0 Å². The molecule has 0 spiro atoms. The van der Waals surface area contributed by atoms with Crippen molar-refractivity contribution in [2.75, 3.05) is 31.8 Å². The van der Waals surface area contributed by atoms with Gasteiger partial charge in [0.1, 0.15) is 17.3 Å². The molecule has 20 heavy (non-hydrogen) atoms. The van der Waals surface area contributed by atoms with Crippen molar-refractivity contribution in [3.05, 3.63) is 23.8 Å². The Morgan fingerprint density at radius 2 is 1.85 bits per heavy atom. The number of ether oxygens (including phenoxy) is 2. The minimum Gasteiger partial charge on any atom is -0.496 e. The average molecular weight is 272 g/mol. The van der Waals surface area contributed by atoms with Crippen molar-refractivity contribution in [1.29, 1.82) is 0 Å². The number of aromatic nitrogens is 2. The highest BCUT2D eigenvalue weighted by atomic mass is 16.5. The molecule has 2 aromatic rings. The Balaban J connectivity index is 2.29. The zero-order chi connectivity index (χ0) is 14.1. The van der Waals surface area contributed by atoms with Gasteiger partial charge in [0.2, 0.25) is 5.95 Å². The molecular weight excluding hydrogens is 256 g/mol. The predicted molar refractivity (Wildman–Crippen MR) is 77.2 cm³/mol. The summed E-state index contributed by atoms with van der Waals surface area (Å²) in [6.07, 6.45) is 0.853. The molecule has 104 valence electrons. The Hall–Kier alpha value is -2.50. The number of rotatable bonds is 3. The number of hydrogen-bond acceptors (Lipinski definition) is 6. The van der Waals surface area contributed by atoms with Crippen LogP contribution in [0.15, 0.2) is 18.2 Å². The first-order valence-corrected chi connectivity index (χ1v) is 6.36. The van der Waals surface area contributed by atoms with Gasteiger partial charge in [-0.1, -0.05) is 6.07 Å². The number of nitrogens with two attached hydrogens (primary N) is 1. The zero-order valence-electron chi connectivity index (χ0n) is 11.4. The summed E-state index contributed by atoms with van der Waals surface area (Å²) < 4.78 is 10.9. The Kier molecular flexibility index (Phi) is 3.06. The molecule has 3 N–H and O–H groups in total. The highest BCUT2D eigenvalue weighted by Gasteiger charge is 2.24. The van der Waals surface area contributed by atoms with Crippen LogP contribution < -0.4 is 20.5 Å². The minimum absolute atomic E-state index is 0.237. The van der Waals surface area contributed by atoms with E-state index in [9.17, 15) is 0 Å². The van der Waals surface area contributed by atoms with Crippen LogP contribution in [0.3, 0.4) is 0 Å². The van der Waals surface area contributed by atoms with Gasteiger partial charge in [-0.2, -0.15) is 4.98 Å². The van der Waals surface area contributed by atoms with Gasteiger partial charge in [0.25, 0.3) is 0 Å². The number of methoxy groups -OCH3 is 2. The number of fused-ring (bicyclic) bond motifs is 1. The molecule has 0 unspecified atom stereocenters.